The Labute approximate surface area is 133 Å². The van der Waals surface area contributed by atoms with Crippen LogP contribution < -0.4 is 11.3 Å². The van der Waals surface area contributed by atoms with E-state index in [0.29, 0.717) is 42.0 Å². The van der Waals surface area contributed by atoms with E-state index in [1.807, 2.05) is 26.0 Å². The number of hydrogen-bond donors (Lipinski definition) is 2. The Kier molecular flexibility index (Phi) is 3.67. The van der Waals surface area contributed by atoms with Crippen LogP contribution in [0.3, 0.4) is 0 Å². The molecular formula is C17H19N3O3. The van der Waals surface area contributed by atoms with Crippen molar-refractivity contribution in [3.8, 4) is 11.3 Å². The molecule has 1 aliphatic heterocycles. The van der Waals surface area contributed by atoms with Gasteiger partial charge in [-0.1, -0.05) is 18.6 Å². The Morgan fingerprint density at radius 3 is 2.87 bits per heavy atom. The molecule has 0 fully saturated rings. The third kappa shape index (κ3) is 2.40. The highest BCUT2D eigenvalue weighted by atomic mass is 16.4. The zero-order valence-corrected chi connectivity index (χ0v) is 13.2. The van der Waals surface area contributed by atoms with Gasteiger partial charge in [-0.25, -0.2) is 9.78 Å². The van der Waals surface area contributed by atoms with Gasteiger partial charge in [-0.3, -0.25) is 9.36 Å². The van der Waals surface area contributed by atoms with E-state index in [-0.39, 0.29) is 5.56 Å². The molecule has 0 saturated carbocycles. The number of aliphatic carboxylic acids is 1. The molecular weight excluding hydrogens is 294 g/mol. The zero-order valence-electron chi connectivity index (χ0n) is 13.2. The largest absolute Gasteiger partial charge is 0.480 e. The number of hydrogen-bond acceptors (Lipinski definition) is 4. The summed E-state index contributed by atoms with van der Waals surface area (Å²) in [5.74, 6) is -0.465. The number of nitrogens with zero attached hydrogens (tertiary/aromatic N) is 2. The van der Waals surface area contributed by atoms with Gasteiger partial charge in [-0.2, -0.15) is 0 Å². The van der Waals surface area contributed by atoms with Gasteiger partial charge >= 0.3 is 5.97 Å². The average molecular weight is 313 g/mol. The van der Waals surface area contributed by atoms with E-state index in [4.69, 9.17) is 5.73 Å². The second kappa shape index (κ2) is 5.53. The smallest absolute Gasteiger partial charge is 0.326 e. The highest BCUT2D eigenvalue weighted by molar-refractivity contribution is 5.77. The van der Waals surface area contributed by atoms with E-state index in [2.05, 4.69) is 4.98 Å². The fourth-order valence-corrected chi connectivity index (χ4v) is 3.16. The topological polar surface area (TPSA) is 98.2 Å². The molecule has 0 amide bonds. The van der Waals surface area contributed by atoms with E-state index in [1.54, 1.807) is 6.07 Å². The maximum absolute atomic E-state index is 12.8. The molecule has 1 aliphatic rings. The molecule has 6 heteroatoms. The van der Waals surface area contributed by atoms with Crippen LogP contribution in [-0.2, 0) is 17.6 Å². The maximum atomic E-state index is 12.8. The predicted molar refractivity (Wildman–Crippen MR) is 87.5 cm³/mol. The van der Waals surface area contributed by atoms with Gasteiger partial charge in [0.25, 0.3) is 5.56 Å². The van der Waals surface area contributed by atoms with Crippen LogP contribution in [0.15, 0.2) is 23.0 Å². The van der Waals surface area contributed by atoms with Crippen molar-refractivity contribution in [3.05, 3.63) is 45.5 Å². The second-order valence-electron chi connectivity index (χ2n) is 5.87. The molecule has 0 saturated heterocycles. The van der Waals surface area contributed by atoms with E-state index in [9.17, 15) is 14.7 Å². The summed E-state index contributed by atoms with van der Waals surface area (Å²) in [4.78, 5) is 28.8. The number of rotatable bonds is 3. The van der Waals surface area contributed by atoms with Crippen molar-refractivity contribution >= 4 is 11.7 Å². The number of fused-ring (bicyclic) bond motifs is 1. The number of anilines is 1. The quantitative estimate of drug-likeness (QED) is 0.844. The molecule has 0 bridgehead atoms. The first kappa shape index (κ1) is 15.3. The highest BCUT2D eigenvalue weighted by Gasteiger charge is 2.32. The van der Waals surface area contributed by atoms with Crippen LogP contribution in [0.1, 0.15) is 36.3 Å². The van der Waals surface area contributed by atoms with E-state index < -0.39 is 12.0 Å². The summed E-state index contributed by atoms with van der Waals surface area (Å²) in [5, 5.41) is 9.31. The molecule has 1 atom stereocenters. The number of carbonyl (C=O) groups is 1. The molecule has 3 rings (SSSR count). The molecule has 1 aromatic heterocycles. The molecule has 23 heavy (non-hydrogen) atoms. The Hall–Kier alpha value is -2.63. The molecule has 6 nitrogen and oxygen atoms in total. The average Bonchev–Trinajstić information content (AvgIpc) is 2.94. The van der Waals surface area contributed by atoms with Crippen LogP contribution in [0.5, 0.6) is 0 Å². The van der Waals surface area contributed by atoms with Crippen molar-refractivity contribution in [1.82, 2.24) is 9.55 Å². The summed E-state index contributed by atoms with van der Waals surface area (Å²) in [6, 6.07) is 4.80. The first-order valence-corrected chi connectivity index (χ1v) is 7.67. The molecule has 0 radical (unpaired) electrons. The first-order valence-electron chi connectivity index (χ1n) is 7.67. The number of benzene rings is 1. The monoisotopic (exact) mass is 313 g/mol. The van der Waals surface area contributed by atoms with Gasteiger partial charge in [0.05, 0.1) is 5.69 Å². The molecule has 1 aromatic carbocycles. The van der Waals surface area contributed by atoms with E-state index in [0.717, 1.165) is 11.1 Å². The van der Waals surface area contributed by atoms with Crippen LogP contribution in [-0.4, -0.2) is 20.6 Å². The lowest BCUT2D eigenvalue weighted by Crippen LogP contribution is -2.31. The number of nitrogens with two attached hydrogens (primary N) is 1. The molecule has 0 aliphatic carbocycles. The molecule has 3 N–H and O–H groups in total. The minimum absolute atomic E-state index is 0.265. The Bertz CT molecular complexity index is 855. The maximum Gasteiger partial charge on any atom is 0.326 e. The zero-order chi connectivity index (χ0) is 16.7. The van der Waals surface area contributed by atoms with Crippen molar-refractivity contribution in [1.29, 1.82) is 0 Å². The van der Waals surface area contributed by atoms with Crippen LogP contribution in [0.2, 0.25) is 0 Å². The Morgan fingerprint density at radius 2 is 2.22 bits per heavy atom. The minimum Gasteiger partial charge on any atom is -0.480 e. The van der Waals surface area contributed by atoms with Crippen LogP contribution in [0, 0.1) is 6.92 Å². The number of carboxylic acid groups (broad SMARTS) is 1. The standard InChI is InChI=1S/C17H19N3O3/c1-3-10-15(11-8-9(2)4-5-12(11)18)19-14-7-6-13(17(22)23)20(14)16(10)21/h4-5,8,13H,3,6-7,18H2,1-2H3,(H,22,23)/t13-/m0/s1. The fourth-order valence-electron chi connectivity index (χ4n) is 3.16. The second-order valence-corrected chi connectivity index (χ2v) is 5.87. The van der Waals surface area contributed by atoms with Gasteiger partial charge in [0.15, 0.2) is 0 Å². The van der Waals surface area contributed by atoms with Gasteiger partial charge in [-0.05, 0) is 31.9 Å². The van der Waals surface area contributed by atoms with Gasteiger partial charge in [0.2, 0.25) is 0 Å². The molecule has 0 unspecified atom stereocenters. The van der Waals surface area contributed by atoms with Gasteiger partial charge in [0, 0.05) is 23.2 Å². The molecule has 2 heterocycles. The third-order valence-electron chi connectivity index (χ3n) is 4.34. The van der Waals surface area contributed by atoms with Crippen LogP contribution in [0.4, 0.5) is 5.69 Å². The molecule has 0 spiro atoms. The Balaban J connectivity index is 2.29. The first-order chi connectivity index (χ1) is 10.9. The lowest BCUT2D eigenvalue weighted by Gasteiger charge is -2.15. The fraction of sp³-hybridized carbons (Fsp3) is 0.353. The number of aromatic nitrogens is 2. The third-order valence-corrected chi connectivity index (χ3v) is 4.34. The van der Waals surface area contributed by atoms with Crippen molar-refractivity contribution in [3.63, 3.8) is 0 Å². The van der Waals surface area contributed by atoms with Crippen molar-refractivity contribution in [2.24, 2.45) is 0 Å². The number of nitrogen functional groups attached to an aromatic ring is 1. The normalized spacial score (nSPS) is 16.3. The van der Waals surface area contributed by atoms with Crippen molar-refractivity contribution in [2.75, 3.05) is 5.73 Å². The van der Waals surface area contributed by atoms with Gasteiger partial charge in [0.1, 0.15) is 11.9 Å². The molecule has 2 aromatic rings. The Morgan fingerprint density at radius 1 is 1.48 bits per heavy atom. The van der Waals surface area contributed by atoms with Gasteiger partial charge < -0.3 is 10.8 Å². The summed E-state index contributed by atoms with van der Waals surface area (Å²) in [6.07, 6.45) is 1.35. The van der Waals surface area contributed by atoms with Crippen molar-refractivity contribution in [2.45, 2.75) is 39.2 Å². The minimum atomic E-state index is -0.988. The molecule has 120 valence electrons. The van der Waals surface area contributed by atoms with Crippen LogP contribution in [0.25, 0.3) is 11.3 Å². The van der Waals surface area contributed by atoms with Gasteiger partial charge in [-0.15, -0.1) is 0 Å². The SMILES string of the molecule is CCc1c(-c2cc(C)ccc2N)nc2n(c1=O)[C@H](C(=O)O)CC2. The predicted octanol–water partition coefficient (Wildman–Crippen LogP) is 1.94. The number of carboxylic acids is 1. The van der Waals surface area contributed by atoms with Crippen LogP contribution >= 0.6 is 0 Å². The summed E-state index contributed by atoms with van der Waals surface area (Å²) in [6.45, 7) is 3.82. The summed E-state index contributed by atoms with van der Waals surface area (Å²) in [5.41, 5.74) is 9.23. The van der Waals surface area contributed by atoms with E-state index >= 15 is 0 Å². The lowest BCUT2D eigenvalue weighted by molar-refractivity contribution is -0.140. The van der Waals surface area contributed by atoms with Crippen molar-refractivity contribution < 1.29 is 9.90 Å². The summed E-state index contributed by atoms with van der Waals surface area (Å²) >= 11 is 0. The highest BCUT2D eigenvalue weighted by Crippen LogP contribution is 2.30. The summed E-state index contributed by atoms with van der Waals surface area (Å²) in [7, 11) is 0. The summed E-state index contributed by atoms with van der Waals surface area (Å²) < 4.78 is 1.33. The number of aryl methyl sites for hydroxylation is 2. The van der Waals surface area contributed by atoms with E-state index in [1.165, 1.54) is 4.57 Å². The lowest BCUT2D eigenvalue weighted by atomic mass is 10.0.